The molecule has 0 aromatic carbocycles. The van der Waals surface area contributed by atoms with Crippen LogP contribution >= 0.6 is 0 Å². The third-order valence-corrected chi connectivity index (χ3v) is 7.05. The zero-order chi connectivity index (χ0) is 24.0. The van der Waals surface area contributed by atoms with E-state index in [1.54, 1.807) is 16.8 Å². The van der Waals surface area contributed by atoms with Crippen LogP contribution in [-0.2, 0) is 4.74 Å². The van der Waals surface area contributed by atoms with Crippen LogP contribution in [0.15, 0.2) is 21.6 Å². The molecule has 2 fully saturated rings. The number of carbonyl (C=O) groups is 1. The molecule has 0 saturated carbocycles. The van der Waals surface area contributed by atoms with E-state index >= 15 is 0 Å². The summed E-state index contributed by atoms with van der Waals surface area (Å²) in [5.41, 5.74) is 1.38. The highest BCUT2D eigenvalue weighted by Gasteiger charge is 2.40. The van der Waals surface area contributed by atoms with Crippen LogP contribution in [0.2, 0.25) is 0 Å². The fourth-order valence-electron chi connectivity index (χ4n) is 5.21. The van der Waals surface area contributed by atoms with E-state index in [1.165, 1.54) is 4.90 Å². The number of aromatic nitrogens is 5. The van der Waals surface area contributed by atoms with Gasteiger partial charge in [0.05, 0.1) is 17.5 Å². The van der Waals surface area contributed by atoms with E-state index in [1.807, 2.05) is 20.8 Å². The average Bonchev–Trinajstić information content (AvgIpc) is 3.45. The van der Waals surface area contributed by atoms with Crippen molar-refractivity contribution >= 4 is 11.7 Å². The number of nitrogens with zero attached hydrogens (tertiary/aromatic N) is 5. The van der Waals surface area contributed by atoms with Gasteiger partial charge in [0.25, 0.3) is 5.56 Å². The molecule has 0 bridgehead atoms. The van der Waals surface area contributed by atoms with Crippen LogP contribution in [0.25, 0.3) is 17.0 Å². The highest BCUT2D eigenvalue weighted by molar-refractivity contribution is 5.72. The zero-order valence-electron chi connectivity index (χ0n) is 19.7. The van der Waals surface area contributed by atoms with E-state index in [4.69, 9.17) is 9.26 Å². The van der Waals surface area contributed by atoms with Gasteiger partial charge < -0.3 is 24.3 Å². The average molecular weight is 471 g/mol. The molecule has 2 atom stereocenters. The summed E-state index contributed by atoms with van der Waals surface area (Å²) in [6, 6.07) is 1.39. The number of rotatable bonds is 3. The van der Waals surface area contributed by atoms with Gasteiger partial charge in [0.2, 0.25) is 11.7 Å². The molecule has 2 aliphatic rings. The first-order chi connectivity index (χ1) is 16.2. The Labute approximate surface area is 196 Å². The summed E-state index contributed by atoms with van der Waals surface area (Å²) in [6.45, 7) is 7.88. The number of H-pyrrole nitrogens is 1. The second-order valence-corrected chi connectivity index (χ2v) is 10.3. The molecule has 34 heavy (non-hydrogen) atoms. The van der Waals surface area contributed by atoms with Crippen molar-refractivity contribution in [3.63, 3.8) is 0 Å². The van der Waals surface area contributed by atoms with Crippen LogP contribution in [0.3, 0.4) is 0 Å². The molecule has 2 saturated heterocycles. The second-order valence-electron chi connectivity index (χ2n) is 10.3. The van der Waals surface area contributed by atoms with E-state index < -0.39 is 6.09 Å². The maximum Gasteiger partial charge on any atom is 0.407 e. The topological polar surface area (TPSA) is 139 Å². The van der Waals surface area contributed by atoms with Crippen molar-refractivity contribution in [2.75, 3.05) is 19.8 Å². The van der Waals surface area contributed by atoms with E-state index in [0.717, 1.165) is 18.5 Å². The molecule has 5 heterocycles. The van der Waals surface area contributed by atoms with Crippen molar-refractivity contribution in [3.8, 4) is 11.4 Å². The summed E-state index contributed by atoms with van der Waals surface area (Å²) in [5.74, 6) is 1.11. The summed E-state index contributed by atoms with van der Waals surface area (Å²) in [7, 11) is 0. The molecule has 1 amide bonds. The number of carboxylic acid groups (broad SMARTS) is 1. The van der Waals surface area contributed by atoms with Crippen molar-refractivity contribution < 1.29 is 19.2 Å². The first-order valence-electron chi connectivity index (χ1n) is 11.7. The molecule has 11 nitrogen and oxygen atoms in total. The minimum absolute atomic E-state index is 0.0135. The molecular weight excluding hydrogens is 440 g/mol. The molecule has 2 N–H and O–H groups in total. The van der Waals surface area contributed by atoms with Gasteiger partial charge in [-0.2, -0.15) is 10.1 Å². The summed E-state index contributed by atoms with van der Waals surface area (Å²) >= 11 is 0. The van der Waals surface area contributed by atoms with Gasteiger partial charge in [-0.1, -0.05) is 25.9 Å². The minimum Gasteiger partial charge on any atom is -0.465 e. The van der Waals surface area contributed by atoms with Crippen LogP contribution < -0.4 is 5.56 Å². The molecule has 2 unspecified atom stereocenters. The number of amides is 1. The van der Waals surface area contributed by atoms with Gasteiger partial charge in [0.15, 0.2) is 0 Å². The van der Waals surface area contributed by atoms with Crippen molar-refractivity contribution in [2.24, 2.45) is 5.41 Å². The molecule has 182 valence electrons. The molecule has 0 radical (unpaired) electrons. The molecule has 11 heteroatoms. The molecule has 0 aliphatic carbocycles. The lowest BCUT2D eigenvalue weighted by Gasteiger charge is -2.44. The minimum atomic E-state index is -0.909. The normalized spacial score (nSPS) is 22.4. The number of aromatic amines is 1. The number of hydrogen-bond acceptors (Lipinski definition) is 7. The Morgan fingerprint density at radius 3 is 2.68 bits per heavy atom. The lowest BCUT2D eigenvalue weighted by Crippen LogP contribution is -2.51. The number of fused-ring (bicyclic) bond motifs is 1. The standard InChI is InChI=1S/C23H30N6O5/c1-23(2,3)17-10-14(4-7-28(17)22(31)32)16-11-18(30)25-20-15(12-24-29(16)20)19-26-21(34-27-19)13-5-8-33-9-6-13/h11-14,17H,4-10H2,1-3H3,(H,25,30)(H,31,32). The van der Waals surface area contributed by atoms with Crippen molar-refractivity contribution in [1.29, 1.82) is 0 Å². The van der Waals surface area contributed by atoms with Crippen molar-refractivity contribution in [1.82, 2.24) is 29.6 Å². The Morgan fingerprint density at radius 1 is 1.21 bits per heavy atom. The van der Waals surface area contributed by atoms with Gasteiger partial charge in [-0.25, -0.2) is 9.31 Å². The SMILES string of the molecule is CC(C)(C)C1CC(c2cc(=O)[nH]c3c(-c4noc(C5CCOCC5)n4)cnn23)CCN1C(=O)O. The number of likely N-dealkylation sites (tertiary alicyclic amines) is 1. The summed E-state index contributed by atoms with van der Waals surface area (Å²) in [6.07, 6.45) is 3.62. The van der Waals surface area contributed by atoms with Crippen molar-refractivity contribution in [3.05, 3.63) is 34.2 Å². The van der Waals surface area contributed by atoms with Gasteiger partial charge in [-0.05, 0) is 31.1 Å². The number of ether oxygens (including phenoxy) is 1. The smallest absolute Gasteiger partial charge is 0.407 e. The van der Waals surface area contributed by atoms with E-state index in [9.17, 15) is 14.7 Å². The molecule has 3 aromatic rings. The van der Waals surface area contributed by atoms with Crippen LogP contribution in [0, 0.1) is 5.41 Å². The lowest BCUT2D eigenvalue weighted by molar-refractivity contribution is 0.0518. The number of nitrogens with one attached hydrogen (secondary N) is 1. The Morgan fingerprint density at radius 2 is 1.97 bits per heavy atom. The number of hydrogen-bond donors (Lipinski definition) is 2. The van der Waals surface area contributed by atoms with E-state index in [0.29, 0.717) is 55.5 Å². The Balaban J connectivity index is 1.49. The Hall–Kier alpha value is -3.21. The highest BCUT2D eigenvalue weighted by Crippen LogP contribution is 2.39. The van der Waals surface area contributed by atoms with Gasteiger partial charge in [-0.15, -0.1) is 0 Å². The summed E-state index contributed by atoms with van der Waals surface area (Å²) in [5, 5.41) is 18.4. The van der Waals surface area contributed by atoms with E-state index in [-0.39, 0.29) is 28.9 Å². The predicted molar refractivity (Wildman–Crippen MR) is 122 cm³/mol. The maximum atomic E-state index is 12.7. The first-order valence-corrected chi connectivity index (χ1v) is 11.7. The third kappa shape index (κ3) is 4.08. The van der Waals surface area contributed by atoms with Gasteiger partial charge in [0.1, 0.15) is 5.65 Å². The van der Waals surface area contributed by atoms with Crippen LogP contribution in [0.5, 0.6) is 0 Å². The third-order valence-electron chi connectivity index (χ3n) is 7.05. The lowest BCUT2D eigenvalue weighted by atomic mass is 9.76. The quantitative estimate of drug-likeness (QED) is 0.595. The fourth-order valence-corrected chi connectivity index (χ4v) is 5.21. The predicted octanol–water partition coefficient (Wildman–Crippen LogP) is 3.24. The summed E-state index contributed by atoms with van der Waals surface area (Å²) < 4.78 is 12.7. The van der Waals surface area contributed by atoms with Gasteiger partial charge in [0, 0.05) is 43.7 Å². The molecule has 5 rings (SSSR count). The van der Waals surface area contributed by atoms with Gasteiger partial charge >= 0.3 is 6.09 Å². The van der Waals surface area contributed by atoms with E-state index in [2.05, 4.69) is 20.2 Å². The Kier molecular flexibility index (Phi) is 5.67. The number of piperidine rings is 1. The molecule has 0 spiro atoms. The maximum absolute atomic E-state index is 12.7. The van der Waals surface area contributed by atoms with Crippen molar-refractivity contribution in [2.45, 2.75) is 64.3 Å². The van der Waals surface area contributed by atoms with Crippen LogP contribution in [0.1, 0.15) is 69.9 Å². The molecule has 3 aromatic heterocycles. The monoisotopic (exact) mass is 470 g/mol. The first kappa shape index (κ1) is 22.6. The Bertz CT molecular complexity index is 1250. The van der Waals surface area contributed by atoms with Crippen LogP contribution in [-0.4, -0.2) is 66.6 Å². The van der Waals surface area contributed by atoms with Crippen LogP contribution in [0.4, 0.5) is 4.79 Å². The zero-order valence-corrected chi connectivity index (χ0v) is 19.7. The molecule has 2 aliphatic heterocycles. The summed E-state index contributed by atoms with van der Waals surface area (Å²) in [4.78, 5) is 33.5. The molecular formula is C23H30N6O5. The second kappa shape index (κ2) is 8.53. The van der Waals surface area contributed by atoms with Gasteiger partial charge in [-0.3, -0.25) is 4.79 Å². The largest absolute Gasteiger partial charge is 0.465 e. The fraction of sp³-hybridized carbons (Fsp3) is 0.609. The highest BCUT2D eigenvalue weighted by atomic mass is 16.5.